The number of rotatable bonds is 6. The summed E-state index contributed by atoms with van der Waals surface area (Å²) >= 11 is 5.21. The largest absolute Gasteiger partial charge is 0.392 e. The fraction of sp³-hybridized carbons (Fsp3) is 0.867. The van der Waals surface area contributed by atoms with E-state index in [9.17, 15) is 4.79 Å². The van der Waals surface area contributed by atoms with Crippen molar-refractivity contribution in [2.45, 2.75) is 64.2 Å². The molecule has 108 valence electrons. The summed E-state index contributed by atoms with van der Waals surface area (Å²) < 4.78 is 0. The van der Waals surface area contributed by atoms with E-state index < -0.39 is 5.41 Å². The molecular weight excluding hydrogens is 256 g/mol. The molecule has 0 radical (unpaired) electrons. The van der Waals surface area contributed by atoms with Gasteiger partial charge in [-0.15, -0.1) is 0 Å². The first-order valence-electron chi connectivity index (χ1n) is 7.73. The van der Waals surface area contributed by atoms with Crippen molar-refractivity contribution in [2.75, 3.05) is 6.54 Å². The fourth-order valence-corrected chi connectivity index (χ4v) is 3.38. The number of hydrogen-bond acceptors (Lipinski definition) is 2. The monoisotopic (exact) mass is 282 g/mol. The molecule has 0 unspecified atom stereocenters. The summed E-state index contributed by atoms with van der Waals surface area (Å²) in [6, 6.07) is 0. The number of carbonyl (C=O) groups is 1. The first-order valence-corrected chi connectivity index (χ1v) is 8.14. The number of thiocarbonyl (C=S) groups is 1. The second-order valence-electron chi connectivity index (χ2n) is 6.20. The molecule has 2 aliphatic rings. The van der Waals surface area contributed by atoms with E-state index in [0.717, 1.165) is 44.6 Å². The van der Waals surface area contributed by atoms with Gasteiger partial charge < -0.3 is 11.1 Å². The Morgan fingerprint density at radius 3 is 2.37 bits per heavy atom. The Hall–Kier alpha value is -0.640. The van der Waals surface area contributed by atoms with Gasteiger partial charge in [-0.1, -0.05) is 50.7 Å². The van der Waals surface area contributed by atoms with Gasteiger partial charge in [0.15, 0.2) is 0 Å². The van der Waals surface area contributed by atoms with Crippen molar-refractivity contribution in [3.05, 3.63) is 0 Å². The highest BCUT2D eigenvalue weighted by Crippen LogP contribution is 2.36. The third kappa shape index (κ3) is 3.91. The molecule has 0 heterocycles. The molecule has 0 aromatic carbocycles. The van der Waals surface area contributed by atoms with Gasteiger partial charge in [0.25, 0.3) is 0 Å². The Balaban J connectivity index is 1.85. The molecule has 4 heteroatoms. The van der Waals surface area contributed by atoms with Crippen molar-refractivity contribution in [3.8, 4) is 0 Å². The van der Waals surface area contributed by atoms with Gasteiger partial charge in [0.2, 0.25) is 5.91 Å². The first-order chi connectivity index (χ1) is 9.15. The highest BCUT2D eigenvalue weighted by atomic mass is 32.1. The van der Waals surface area contributed by atoms with Gasteiger partial charge in [0.05, 0.1) is 10.4 Å². The molecule has 0 aromatic rings. The Kier molecular flexibility index (Phi) is 5.20. The van der Waals surface area contributed by atoms with Crippen molar-refractivity contribution < 1.29 is 4.79 Å². The Bertz CT molecular complexity index is 331. The average molecular weight is 282 g/mol. The van der Waals surface area contributed by atoms with E-state index in [1.54, 1.807) is 0 Å². The van der Waals surface area contributed by atoms with Gasteiger partial charge >= 0.3 is 0 Å². The molecule has 3 N–H and O–H groups in total. The van der Waals surface area contributed by atoms with E-state index in [1.165, 1.54) is 32.1 Å². The molecule has 2 aliphatic carbocycles. The van der Waals surface area contributed by atoms with Crippen LogP contribution in [0.2, 0.25) is 0 Å². The standard InChI is InChI=1S/C15H26N2OS/c16-13(19)15(9-3-1-2-4-10-15)14(18)17-11-5-6-12-7-8-12/h12H,1-11H2,(H2,16,19)(H,17,18). The lowest BCUT2D eigenvalue weighted by molar-refractivity contribution is -0.128. The average Bonchev–Trinajstić information content (AvgIpc) is 3.20. The van der Waals surface area contributed by atoms with Crippen LogP contribution < -0.4 is 11.1 Å². The highest BCUT2D eigenvalue weighted by Gasteiger charge is 2.41. The van der Waals surface area contributed by atoms with Gasteiger partial charge in [-0.25, -0.2) is 0 Å². The predicted molar refractivity (Wildman–Crippen MR) is 81.9 cm³/mol. The van der Waals surface area contributed by atoms with Gasteiger partial charge in [0, 0.05) is 6.54 Å². The summed E-state index contributed by atoms with van der Waals surface area (Å²) in [4.78, 5) is 12.9. The van der Waals surface area contributed by atoms with Crippen molar-refractivity contribution in [3.63, 3.8) is 0 Å². The second kappa shape index (κ2) is 6.69. The first kappa shape index (κ1) is 14.8. The van der Waals surface area contributed by atoms with E-state index in [4.69, 9.17) is 18.0 Å². The number of nitrogens with two attached hydrogens (primary N) is 1. The van der Waals surface area contributed by atoms with Gasteiger partial charge in [-0.05, 0) is 31.6 Å². The van der Waals surface area contributed by atoms with Crippen molar-refractivity contribution in [1.82, 2.24) is 5.32 Å². The van der Waals surface area contributed by atoms with Gasteiger partial charge in [-0.3, -0.25) is 4.79 Å². The number of hydrogen-bond donors (Lipinski definition) is 2. The summed E-state index contributed by atoms with van der Waals surface area (Å²) in [6.45, 7) is 0.777. The Labute approximate surface area is 121 Å². The summed E-state index contributed by atoms with van der Waals surface area (Å²) in [7, 11) is 0. The van der Waals surface area contributed by atoms with E-state index in [1.807, 2.05) is 0 Å². The van der Waals surface area contributed by atoms with Crippen LogP contribution in [-0.4, -0.2) is 17.4 Å². The highest BCUT2D eigenvalue weighted by molar-refractivity contribution is 7.80. The number of nitrogens with one attached hydrogen (secondary N) is 1. The zero-order chi connectivity index (χ0) is 13.7. The van der Waals surface area contributed by atoms with Crippen LogP contribution in [0.3, 0.4) is 0 Å². The molecule has 2 rings (SSSR count). The quantitative estimate of drug-likeness (QED) is 0.447. The summed E-state index contributed by atoms with van der Waals surface area (Å²) in [5.74, 6) is 1.01. The minimum atomic E-state index is -0.564. The third-order valence-electron chi connectivity index (χ3n) is 4.64. The second-order valence-corrected chi connectivity index (χ2v) is 6.64. The third-order valence-corrected chi connectivity index (χ3v) is 5.03. The SMILES string of the molecule is NC(=S)C1(C(=O)NCCCC2CC2)CCCCCC1. The maximum atomic E-state index is 12.5. The lowest BCUT2D eigenvalue weighted by Gasteiger charge is -2.30. The molecule has 0 aliphatic heterocycles. The molecule has 19 heavy (non-hydrogen) atoms. The van der Waals surface area contributed by atoms with E-state index in [2.05, 4.69) is 5.32 Å². The molecule has 2 fully saturated rings. The van der Waals surface area contributed by atoms with Gasteiger partial charge in [-0.2, -0.15) is 0 Å². The van der Waals surface area contributed by atoms with Crippen molar-refractivity contribution in [1.29, 1.82) is 0 Å². The Morgan fingerprint density at radius 2 is 1.84 bits per heavy atom. The molecule has 3 nitrogen and oxygen atoms in total. The smallest absolute Gasteiger partial charge is 0.233 e. The maximum absolute atomic E-state index is 12.5. The fourth-order valence-electron chi connectivity index (χ4n) is 3.09. The predicted octanol–water partition coefficient (Wildman–Crippen LogP) is 2.92. The molecule has 0 bridgehead atoms. The van der Waals surface area contributed by atoms with Crippen LogP contribution in [0, 0.1) is 11.3 Å². The molecule has 0 aromatic heterocycles. The maximum Gasteiger partial charge on any atom is 0.233 e. The van der Waals surface area contributed by atoms with Crippen LogP contribution >= 0.6 is 12.2 Å². The molecule has 0 saturated heterocycles. The van der Waals surface area contributed by atoms with E-state index in [-0.39, 0.29) is 5.91 Å². The summed E-state index contributed by atoms with van der Waals surface area (Å²) in [6.07, 6.45) is 11.3. The molecule has 0 spiro atoms. The lowest BCUT2D eigenvalue weighted by atomic mass is 9.79. The van der Waals surface area contributed by atoms with Crippen molar-refractivity contribution >= 4 is 23.1 Å². The zero-order valence-electron chi connectivity index (χ0n) is 11.7. The number of amides is 1. The van der Waals surface area contributed by atoms with E-state index >= 15 is 0 Å². The molecule has 0 atom stereocenters. The minimum absolute atomic E-state index is 0.0812. The van der Waals surface area contributed by atoms with Crippen LogP contribution in [-0.2, 0) is 4.79 Å². The molecular formula is C15H26N2OS. The summed E-state index contributed by atoms with van der Waals surface area (Å²) in [5.41, 5.74) is 5.34. The molecule has 1 amide bonds. The Morgan fingerprint density at radius 1 is 1.21 bits per heavy atom. The zero-order valence-corrected chi connectivity index (χ0v) is 12.6. The minimum Gasteiger partial charge on any atom is -0.392 e. The van der Waals surface area contributed by atoms with Crippen LogP contribution in [0.1, 0.15) is 64.2 Å². The normalized spacial score (nSPS) is 22.5. The van der Waals surface area contributed by atoms with Crippen LogP contribution in [0.4, 0.5) is 0 Å². The summed E-state index contributed by atoms with van der Waals surface area (Å²) in [5, 5.41) is 3.08. The van der Waals surface area contributed by atoms with Crippen LogP contribution in [0.5, 0.6) is 0 Å². The number of carbonyl (C=O) groups excluding carboxylic acids is 1. The molecule has 2 saturated carbocycles. The van der Waals surface area contributed by atoms with Crippen LogP contribution in [0.15, 0.2) is 0 Å². The lowest BCUT2D eigenvalue weighted by Crippen LogP contribution is -2.49. The van der Waals surface area contributed by atoms with E-state index in [0.29, 0.717) is 4.99 Å². The van der Waals surface area contributed by atoms with Crippen molar-refractivity contribution in [2.24, 2.45) is 17.1 Å². The van der Waals surface area contributed by atoms with Gasteiger partial charge in [0.1, 0.15) is 0 Å². The van der Waals surface area contributed by atoms with Crippen LogP contribution in [0.25, 0.3) is 0 Å². The topological polar surface area (TPSA) is 55.1 Å².